The van der Waals surface area contributed by atoms with E-state index in [9.17, 15) is 4.79 Å². The second-order valence-corrected chi connectivity index (χ2v) is 3.78. The van der Waals surface area contributed by atoms with Crippen LogP contribution in [0.4, 0.5) is 0 Å². The molecule has 0 aliphatic rings. The van der Waals surface area contributed by atoms with Gasteiger partial charge in [-0.3, -0.25) is 9.48 Å². The third kappa shape index (κ3) is 1.93. The normalized spacial score (nSPS) is 10.3. The molecule has 0 unspecified atom stereocenters. The van der Waals surface area contributed by atoms with E-state index >= 15 is 0 Å². The topological polar surface area (TPSA) is 44.1 Å². The number of Topliss-reactive ketones (excluding diaryl/α,β-unsaturated/α-hetero) is 1. The molecule has 1 heterocycles. The number of nitrogens with zero attached hydrogens (tertiary/aromatic N) is 2. The van der Waals surface area contributed by atoms with Crippen LogP contribution in [-0.2, 0) is 7.05 Å². The van der Waals surface area contributed by atoms with Gasteiger partial charge in [-0.25, -0.2) is 0 Å². The van der Waals surface area contributed by atoms with Crippen molar-refractivity contribution in [3.8, 4) is 17.0 Å². The van der Waals surface area contributed by atoms with E-state index in [-0.39, 0.29) is 5.78 Å². The van der Waals surface area contributed by atoms with E-state index < -0.39 is 0 Å². The Morgan fingerprint density at radius 3 is 2.47 bits per heavy atom. The lowest BCUT2D eigenvalue weighted by molar-refractivity contribution is 0.100. The van der Waals surface area contributed by atoms with E-state index in [0.717, 1.165) is 5.56 Å². The summed E-state index contributed by atoms with van der Waals surface area (Å²) in [6.45, 7) is 1.51. The first-order chi connectivity index (χ1) is 8.15. The number of rotatable bonds is 3. The van der Waals surface area contributed by atoms with Crippen molar-refractivity contribution in [3.63, 3.8) is 0 Å². The highest BCUT2D eigenvalue weighted by atomic mass is 16.5. The van der Waals surface area contributed by atoms with Crippen LogP contribution in [0.2, 0.25) is 0 Å². The molecule has 0 atom stereocenters. The highest BCUT2D eigenvalue weighted by Crippen LogP contribution is 2.32. The number of methoxy groups -OCH3 is 1. The van der Waals surface area contributed by atoms with Gasteiger partial charge in [-0.1, -0.05) is 30.3 Å². The van der Waals surface area contributed by atoms with Crippen LogP contribution in [0, 0.1) is 0 Å². The molecule has 2 aromatic rings. The van der Waals surface area contributed by atoms with Gasteiger partial charge >= 0.3 is 0 Å². The number of aromatic nitrogens is 2. The van der Waals surface area contributed by atoms with E-state index in [4.69, 9.17) is 4.74 Å². The smallest absolute Gasteiger partial charge is 0.181 e. The minimum Gasteiger partial charge on any atom is -0.492 e. The van der Waals surface area contributed by atoms with Crippen LogP contribution in [0.3, 0.4) is 0 Å². The minimum absolute atomic E-state index is 0.0565. The van der Waals surface area contributed by atoms with Crippen LogP contribution in [0.25, 0.3) is 11.3 Å². The first-order valence-corrected chi connectivity index (χ1v) is 5.32. The SMILES string of the molecule is COc1c(-c2ccccc2)nn(C)c1C(C)=O. The lowest BCUT2D eigenvalue weighted by atomic mass is 10.1. The molecule has 0 radical (unpaired) electrons. The van der Waals surface area contributed by atoms with Crippen LogP contribution < -0.4 is 4.74 Å². The van der Waals surface area contributed by atoms with Gasteiger partial charge < -0.3 is 4.74 Å². The summed E-state index contributed by atoms with van der Waals surface area (Å²) in [7, 11) is 3.29. The number of carbonyl (C=O) groups excluding carboxylic acids is 1. The quantitative estimate of drug-likeness (QED) is 0.760. The number of hydrogen-bond acceptors (Lipinski definition) is 3. The average molecular weight is 230 g/mol. The number of carbonyl (C=O) groups is 1. The van der Waals surface area contributed by atoms with Gasteiger partial charge in [0.2, 0.25) is 0 Å². The highest BCUT2D eigenvalue weighted by molar-refractivity contribution is 5.97. The lowest BCUT2D eigenvalue weighted by Crippen LogP contribution is -2.04. The zero-order valence-electron chi connectivity index (χ0n) is 10.1. The molecule has 0 aliphatic heterocycles. The maximum Gasteiger partial charge on any atom is 0.181 e. The molecule has 1 aromatic carbocycles. The van der Waals surface area contributed by atoms with E-state index in [1.54, 1.807) is 18.8 Å². The molecule has 0 saturated carbocycles. The van der Waals surface area contributed by atoms with E-state index in [0.29, 0.717) is 17.1 Å². The summed E-state index contributed by atoms with van der Waals surface area (Å²) >= 11 is 0. The zero-order valence-corrected chi connectivity index (χ0v) is 10.1. The second kappa shape index (κ2) is 4.41. The Morgan fingerprint density at radius 2 is 1.94 bits per heavy atom. The molecular weight excluding hydrogens is 216 g/mol. The fraction of sp³-hybridized carbons (Fsp3) is 0.231. The molecule has 1 aromatic heterocycles. The second-order valence-electron chi connectivity index (χ2n) is 3.78. The molecule has 0 spiro atoms. The molecule has 0 N–H and O–H groups in total. The minimum atomic E-state index is -0.0565. The van der Waals surface area contributed by atoms with Crippen LogP contribution in [0.5, 0.6) is 5.75 Å². The van der Waals surface area contributed by atoms with Gasteiger partial charge in [0.05, 0.1) is 7.11 Å². The van der Waals surface area contributed by atoms with Crippen molar-refractivity contribution < 1.29 is 9.53 Å². The van der Waals surface area contributed by atoms with Crippen molar-refractivity contribution >= 4 is 5.78 Å². The van der Waals surface area contributed by atoms with Crippen LogP contribution in [0.1, 0.15) is 17.4 Å². The summed E-state index contributed by atoms with van der Waals surface area (Å²) in [5.41, 5.74) is 2.12. The largest absolute Gasteiger partial charge is 0.492 e. The van der Waals surface area contributed by atoms with Crippen LogP contribution in [-0.4, -0.2) is 22.7 Å². The monoisotopic (exact) mass is 230 g/mol. The Morgan fingerprint density at radius 1 is 1.29 bits per heavy atom. The number of benzene rings is 1. The fourth-order valence-corrected chi connectivity index (χ4v) is 1.87. The van der Waals surface area contributed by atoms with Gasteiger partial charge in [0.1, 0.15) is 11.4 Å². The molecule has 0 aliphatic carbocycles. The van der Waals surface area contributed by atoms with Crippen molar-refractivity contribution in [2.45, 2.75) is 6.92 Å². The summed E-state index contributed by atoms with van der Waals surface area (Å²) in [5.74, 6) is 0.477. The van der Waals surface area contributed by atoms with E-state index in [2.05, 4.69) is 5.10 Å². The Hall–Kier alpha value is -2.10. The Kier molecular flexibility index (Phi) is 2.95. The molecule has 88 valence electrons. The third-order valence-corrected chi connectivity index (χ3v) is 2.59. The molecule has 2 rings (SSSR count). The van der Waals surface area contributed by atoms with Gasteiger partial charge in [0, 0.05) is 19.5 Å². The van der Waals surface area contributed by atoms with Gasteiger partial charge in [0.15, 0.2) is 11.5 Å². The first kappa shape index (κ1) is 11.4. The number of ketones is 1. The molecule has 17 heavy (non-hydrogen) atoms. The Bertz CT molecular complexity index is 544. The van der Waals surface area contributed by atoms with Crippen molar-refractivity contribution in [2.24, 2.45) is 7.05 Å². The summed E-state index contributed by atoms with van der Waals surface area (Å²) in [6.07, 6.45) is 0. The van der Waals surface area contributed by atoms with Gasteiger partial charge in [-0.15, -0.1) is 0 Å². The summed E-state index contributed by atoms with van der Waals surface area (Å²) in [4.78, 5) is 11.5. The molecule has 4 heteroatoms. The molecule has 0 fully saturated rings. The fourth-order valence-electron chi connectivity index (χ4n) is 1.87. The summed E-state index contributed by atoms with van der Waals surface area (Å²) in [6, 6.07) is 9.67. The third-order valence-electron chi connectivity index (χ3n) is 2.59. The Balaban J connectivity index is 2.64. The standard InChI is InChI=1S/C13H14N2O2/c1-9(16)12-13(17-3)11(14-15(12)2)10-7-5-4-6-8-10/h4-8H,1-3H3. The highest BCUT2D eigenvalue weighted by Gasteiger charge is 2.20. The predicted molar refractivity (Wildman–Crippen MR) is 65.2 cm³/mol. The lowest BCUT2D eigenvalue weighted by Gasteiger charge is -2.02. The van der Waals surface area contributed by atoms with Gasteiger partial charge in [-0.2, -0.15) is 5.10 Å². The zero-order chi connectivity index (χ0) is 12.4. The maximum atomic E-state index is 11.5. The molecule has 0 bridgehead atoms. The molecule has 0 saturated heterocycles. The average Bonchev–Trinajstić information content (AvgIpc) is 2.67. The first-order valence-electron chi connectivity index (χ1n) is 5.32. The molecule has 4 nitrogen and oxygen atoms in total. The van der Waals surface area contributed by atoms with Gasteiger partial charge in [-0.05, 0) is 0 Å². The van der Waals surface area contributed by atoms with Gasteiger partial charge in [0.25, 0.3) is 0 Å². The number of ether oxygens (including phenoxy) is 1. The van der Waals surface area contributed by atoms with E-state index in [1.807, 2.05) is 30.3 Å². The van der Waals surface area contributed by atoms with E-state index in [1.165, 1.54) is 6.92 Å². The van der Waals surface area contributed by atoms with Crippen molar-refractivity contribution in [2.75, 3.05) is 7.11 Å². The maximum absolute atomic E-state index is 11.5. The van der Waals surface area contributed by atoms with Crippen LogP contribution >= 0.6 is 0 Å². The van der Waals surface area contributed by atoms with Crippen molar-refractivity contribution in [1.82, 2.24) is 9.78 Å². The van der Waals surface area contributed by atoms with Crippen LogP contribution in [0.15, 0.2) is 30.3 Å². The Labute approximate surface area is 99.8 Å². The molecular formula is C13H14N2O2. The van der Waals surface area contributed by atoms with Crippen molar-refractivity contribution in [1.29, 1.82) is 0 Å². The number of hydrogen-bond donors (Lipinski definition) is 0. The summed E-state index contributed by atoms with van der Waals surface area (Å²) in [5, 5.41) is 4.34. The predicted octanol–water partition coefficient (Wildman–Crippen LogP) is 2.30. The summed E-state index contributed by atoms with van der Waals surface area (Å²) < 4.78 is 6.87. The van der Waals surface area contributed by atoms with Crippen molar-refractivity contribution in [3.05, 3.63) is 36.0 Å². The number of aryl methyl sites for hydroxylation is 1. The molecule has 0 amide bonds.